The maximum atomic E-state index is 7.41. The van der Waals surface area contributed by atoms with Crippen LogP contribution < -0.4 is 5.73 Å². The quantitative estimate of drug-likeness (QED) is 0.625. The highest BCUT2D eigenvalue weighted by Gasteiger charge is 2.44. The van der Waals surface area contributed by atoms with E-state index in [1.807, 2.05) is 30.3 Å². The van der Waals surface area contributed by atoms with Crippen molar-refractivity contribution in [2.45, 2.75) is 25.8 Å². The van der Waals surface area contributed by atoms with Crippen LogP contribution in [0.15, 0.2) is 30.3 Å². The normalized spacial score (nSPS) is 16.2. The predicted octanol–water partition coefficient (Wildman–Crippen LogP) is 1.45. The van der Waals surface area contributed by atoms with E-state index in [1.54, 1.807) is 4.80 Å². The molecule has 98 valence electrons. The third-order valence-electron chi connectivity index (χ3n) is 3.48. The molecular weight excluding hydrogens is 240 g/mol. The van der Waals surface area contributed by atoms with Crippen LogP contribution in [0.5, 0.6) is 0 Å². The minimum Gasteiger partial charge on any atom is -0.388 e. The lowest BCUT2D eigenvalue weighted by atomic mass is 10.0. The fourth-order valence-electron chi connectivity index (χ4n) is 2.28. The molecule has 0 spiro atoms. The summed E-state index contributed by atoms with van der Waals surface area (Å²) in [6.07, 6.45) is 2.78. The number of amidine groups is 1. The van der Waals surface area contributed by atoms with E-state index in [9.17, 15) is 0 Å². The van der Waals surface area contributed by atoms with Gasteiger partial charge in [0, 0.05) is 12.0 Å². The third-order valence-corrected chi connectivity index (χ3v) is 3.48. The Kier molecular flexibility index (Phi) is 2.77. The van der Waals surface area contributed by atoms with Crippen molar-refractivity contribution < 1.29 is 0 Å². The van der Waals surface area contributed by atoms with Gasteiger partial charge in [-0.15, -0.1) is 10.2 Å². The molecule has 1 aliphatic carbocycles. The number of nitrogens with one attached hydrogen (secondary N) is 1. The molecule has 6 heteroatoms. The monoisotopic (exact) mass is 256 g/mol. The molecule has 19 heavy (non-hydrogen) atoms. The molecule has 1 aromatic carbocycles. The van der Waals surface area contributed by atoms with Crippen molar-refractivity contribution >= 4 is 5.84 Å². The summed E-state index contributed by atoms with van der Waals surface area (Å²) in [5, 5.41) is 20.0. The molecule has 1 saturated carbocycles. The minimum absolute atomic E-state index is 0.0838. The number of rotatable bonds is 5. The van der Waals surface area contributed by atoms with Crippen molar-refractivity contribution in [2.24, 2.45) is 11.1 Å². The van der Waals surface area contributed by atoms with Gasteiger partial charge in [-0.2, -0.15) is 4.80 Å². The van der Waals surface area contributed by atoms with Crippen molar-refractivity contribution in [1.29, 1.82) is 5.41 Å². The Labute approximate surface area is 111 Å². The first-order valence-electron chi connectivity index (χ1n) is 6.33. The Hall–Kier alpha value is -2.24. The van der Waals surface area contributed by atoms with E-state index in [2.05, 4.69) is 15.4 Å². The summed E-state index contributed by atoms with van der Waals surface area (Å²) in [5.74, 6) is 0.875. The summed E-state index contributed by atoms with van der Waals surface area (Å²) in [5.41, 5.74) is 6.53. The second-order valence-electron chi connectivity index (χ2n) is 5.21. The van der Waals surface area contributed by atoms with E-state index >= 15 is 0 Å². The molecule has 0 aliphatic heterocycles. The van der Waals surface area contributed by atoms with Gasteiger partial charge in [0.2, 0.25) is 5.82 Å². The highest BCUT2D eigenvalue weighted by molar-refractivity contribution is 5.78. The van der Waals surface area contributed by atoms with Crippen LogP contribution in [-0.4, -0.2) is 26.0 Å². The number of hydrogen-bond acceptors (Lipinski definition) is 4. The molecule has 1 aromatic heterocycles. The second kappa shape index (κ2) is 4.46. The van der Waals surface area contributed by atoms with Crippen molar-refractivity contribution in [3.63, 3.8) is 0 Å². The number of nitrogens with two attached hydrogens (primary N) is 1. The zero-order valence-corrected chi connectivity index (χ0v) is 10.6. The average molecular weight is 256 g/mol. The van der Waals surface area contributed by atoms with Crippen LogP contribution in [0.25, 0.3) is 11.4 Å². The first-order chi connectivity index (χ1) is 9.17. The molecule has 0 bridgehead atoms. The Morgan fingerprint density at radius 2 is 2.05 bits per heavy atom. The van der Waals surface area contributed by atoms with E-state index in [0.717, 1.165) is 18.4 Å². The standard InChI is InChI=1S/C13H16N6/c14-11(15)8-13(6-7-13)9-19-17-12(16-18-19)10-4-2-1-3-5-10/h1-5H,6-9H2,(H3,14,15). The van der Waals surface area contributed by atoms with Gasteiger partial charge < -0.3 is 5.73 Å². The van der Waals surface area contributed by atoms with Gasteiger partial charge in [0.15, 0.2) is 0 Å². The molecule has 1 heterocycles. The maximum Gasteiger partial charge on any atom is 0.204 e. The van der Waals surface area contributed by atoms with Gasteiger partial charge in [-0.1, -0.05) is 30.3 Å². The van der Waals surface area contributed by atoms with Crippen LogP contribution in [-0.2, 0) is 6.54 Å². The Morgan fingerprint density at radius 3 is 2.68 bits per heavy atom. The smallest absolute Gasteiger partial charge is 0.204 e. The average Bonchev–Trinajstić information content (AvgIpc) is 2.97. The zero-order chi connectivity index (χ0) is 13.3. The summed E-state index contributed by atoms with van der Waals surface area (Å²) in [6.45, 7) is 0.687. The first kappa shape index (κ1) is 11.8. The lowest BCUT2D eigenvalue weighted by Crippen LogP contribution is -2.21. The summed E-state index contributed by atoms with van der Waals surface area (Å²) in [7, 11) is 0. The third kappa shape index (κ3) is 2.62. The van der Waals surface area contributed by atoms with Crippen LogP contribution >= 0.6 is 0 Å². The zero-order valence-electron chi connectivity index (χ0n) is 10.6. The Balaban J connectivity index is 1.74. The highest BCUT2D eigenvalue weighted by Crippen LogP contribution is 2.49. The molecule has 1 aliphatic rings. The van der Waals surface area contributed by atoms with Crippen LogP contribution in [0.4, 0.5) is 0 Å². The van der Waals surface area contributed by atoms with Crippen molar-refractivity contribution in [3.05, 3.63) is 30.3 Å². The van der Waals surface area contributed by atoms with Gasteiger partial charge >= 0.3 is 0 Å². The van der Waals surface area contributed by atoms with E-state index in [-0.39, 0.29) is 11.3 Å². The van der Waals surface area contributed by atoms with Crippen molar-refractivity contribution in [2.75, 3.05) is 0 Å². The fourth-order valence-corrected chi connectivity index (χ4v) is 2.28. The van der Waals surface area contributed by atoms with E-state index in [4.69, 9.17) is 11.1 Å². The van der Waals surface area contributed by atoms with Gasteiger partial charge in [-0.3, -0.25) is 5.41 Å². The van der Waals surface area contributed by atoms with Crippen LogP contribution in [0.2, 0.25) is 0 Å². The number of nitrogens with zero attached hydrogens (tertiary/aromatic N) is 4. The van der Waals surface area contributed by atoms with E-state index < -0.39 is 0 Å². The molecule has 3 N–H and O–H groups in total. The summed E-state index contributed by atoms with van der Waals surface area (Å²) >= 11 is 0. The number of aromatic nitrogens is 4. The highest BCUT2D eigenvalue weighted by atomic mass is 15.6. The van der Waals surface area contributed by atoms with Crippen LogP contribution in [0.3, 0.4) is 0 Å². The molecule has 0 atom stereocenters. The second-order valence-corrected chi connectivity index (χ2v) is 5.21. The Bertz CT molecular complexity index is 584. The van der Waals surface area contributed by atoms with Gasteiger partial charge in [0.05, 0.1) is 12.4 Å². The van der Waals surface area contributed by atoms with Crippen LogP contribution in [0, 0.1) is 10.8 Å². The molecule has 6 nitrogen and oxygen atoms in total. The predicted molar refractivity (Wildman–Crippen MR) is 71.5 cm³/mol. The summed E-state index contributed by atoms with van der Waals surface area (Å²) in [4.78, 5) is 1.62. The van der Waals surface area contributed by atoms with Gasteiger partial charge in [-0.25, -0.2) is 0 Å². The SMILES string of the molecule is N=C(N)CC1(Cn2nnc(-c3ccccc3)n2)CC1. The maximum absolute atomic E-state index is 7.41. The van der Waals surface area contributed by atoms with Crippen molar-refractivity contribution in [3.8, 4) is 11.4 Å². The topological polar surface area (TPSA) is 93.5 Å². The largest absolute Gasteiger partial charge is 0.388 e. The Morgan fingerprint density at radius 1 is 1.32 bits per heavy atom. The van der Waals surface area contributed by atoms with Crippen LogP contribution in [0.1, 0.15) is 19.3 Å². The van der Waals surface area contributed by atoms with Gasteiger partial charge in [-0.05, 0) is 23.5 Å². The van der Waals surface area contributed by atoms with E-state index in [1.165, 1.54) is 0 Å². The molecular formula is C13H16N6. The van der Waals surface area contributed by atoms with Gasteiger partial charge in [0.1, 0.15) is 0 Å². The summed E-state index contributed by atoms with van der Waals surface area (Å²) in [6, 6.07) is 9.79. The molecule has 0 unspecified atom stereocenters. The molecule has 0 amide bonds. The lowest BCUT2D eigenvalue weighted by molar-refractivity contribution is 0.370. The number of benzene rings is 1. The molecule has 3 rings (SSSR count). The number of hydrogen-bond donors (Lipinski definition) is 2. The van der Waals surface area contributed by atoms with Gasteiger partial charge in [0.25, 0.3) is 0 Å². The number of tetrazole rings is 1. The minimum atomic E-state index is 0.0838. The van der Waals surface area contributed by atoms with Crippen molar-refractivity contribution in [1.82, 2.24) is 20.2 Å². The molecule has 0 saturated heterocycles. The molecule has 2 aromatic rings. The lowest BCUT2D eigenvalue weighted by Gasteiger charge is -2.11. The van der Waals surface area contributed by atoms with E-state index in [0.29, 0.717) is 18.8 Å². The molecule has 0 radical (unpaired) electrons. The molecule has 1 fully saturated rings. The summed E-state index contributed by atoms with van der Waals surface area (Å²) < 4.78 is 0. The fraction of sp³-hybridized carbons (Fsp3) is 0.385. The first-order valence-corrected chi connectivity index (χ1v) is 6.33.